The first-order chi connectivity index (χ1) is 8.08. The van der Waals surface area contributed by atoms with Gasteiger partial charge in [0.2, 0.25) is 0 Å². The van der Waals surface area contributed by atoms with Gasteiger partial charge in [-0.15, -0.1) is 11.6 Å². The summed E-state index contributed by atoms with van der Waals surface area (Å²) >= 11 is 5.48. The number of nitro benzene ring substituents is 1. The summed E-state index contributed by atoms with van der Waals surface area (Å²) in [6.07, 6.45) is 0. The van der Waals surface area contributed by atoms with Crippen molar-refractivity contribution in [2.45, 2.75) is 6.92 Å². The zero-order valence-corrected chi connectivity index (χ0v) is 9.98. The van der Waals surface area contributed by atoms with Crippen molar-refractivity contribution in [3.05, 3.63) is 28.3 Å². The van der Waals surface area contributed by atoms with Gasteiger partial charge in [-0.3, -0.25) is 10.1 Å². The van der Waals surface area contributed by atoms with Crippen LogP contribution in [-0.4, -0.2) is 23.2 Å². The molecule has 0 aliphatic heterocycles. The Morgan fingerprint density at radius 1 is 1.65 bits per heavy atom. The number of nitro groups is 1. The number of rotatable bonds is 5. The van der Waals surface area contributed by atoms with E-state index < -0.39 is 4.92 Å². The maximum absolute atomic E-state index is 10.8. The van der Waals surface area contributed by atoms with E-state index in [2.05, 4.69) is 4.99 Å². The van der Waals surface area contributed by atoms with Crippen LogP contribution in [0, 0.1) is 10.1 Å². The fraction of sp³-hybridized carbons (Fsp3) is 0.300. The minimum absolute atomic E-state index is 0.00994. The first-order valence-electron chi connectivity index (χ1n) is 4.88. The molecular weight excluding hydrogens is 246 g/mol. The second kappa shape index (κ2) is 6.05. The standard InChI is InChI=1S/C10H12ClN3O3/c1-2-17-7-3-4-9(14(15)16)8(5-7)13-10(12)6-11/h3-5H,2,6H2,1H3,(H2,12,13). The number of hydrogen-bond donors (Lipinski definition) is 1. The number of benzene rings is 1. The van der Waals surface area contributed by atoms with Crippen molar-refractivity contribution in [1.29, 1.82) is 0 Å². The van der Waals surface area contributed by atoms with E-state index in [0.29, 0.717) is 12.4 Å². The molecule has 0 amide bonds. The number of nitrogens with zero attached hydrogens (tertiary/aromatic N) is 2. The number of halogens is 1. The summed E-state index contributed by atoms with van der Waals surface area (Å²) < 4.78 is 5.23. The highest BCUT2D eigenvalue weighted by Crippen LogP contribution is 2.31. The van der Waals surface area contributed by atoms with Crippen LogP contribution < -0.4 is 10.5 Å². The van der Waals surface area contributed by atoms with Crippen molar-refractivity contribution in [1.82, 2.24) is 0 Å². The summed E-state index contributed by atoms with van der Waals surface area (Å²) in [7, 11) is 0. The third-order valence-corrected chi connectivity index (χ3v) is 2.13. The Hall–Kier alpha value is -1.82. The first kappa shape index (κ1) is 13.2. The van der Waals surface area contributed by atoms with Gasteiger partial charge in [0.1, 0.15) is 17.3 Å². The molecule has 2 N–H and O–H groups in total. The van der Waals surface area contributed by atoms with Gasteiger partial charge in [0.25, 0.3) is 5.69 Å². The van der Waals surface area contributed by atoms with Crippen LogP contribution >= 0.6 is 11.6 Å². The smallest absolute Gasteiger partial charge is 0.295 e. The van der Waals surface area contributed by atoms with Crippen LogP contribution in [-0.2, 0) is 0 Å². The van der Waals surface area contributed by atoms with Crippen LogP contribution in [0.2, 0.25) is 0 Å². The predicted molar refractivity (Wildman–Crippen MR) is 66.3 cm³/mol. The van der Waals surface area contributed by atoms with E-state index in [-0.39, 0.29) is 23.1 Å². The predicted octanol–water partition coefficient (Wildman–Crippen LogP) is 2.22. The summed E-state index contributed by atoms with van der Waals surface area (Å²) in [5, 5.41) is 10.8. The topological polar surface area (TPSA) is 90.8 Å². The minimum Gasteiger partial charge on any atom is -0.494 e. The molecule has 0 aliphatic rings. The average molecular weight is 258 g/mol. The number of amidine groups is 1. The molecule has 0 heterocycles. The molecule has 0 atom stereocenters. The monoisotopic (exact) mass is 257 g/mol. The Kier molecular flexibility index (Phi) is 4.71. The van der Waals surface area contributed by atoms with E-state index in [1.54, 1.807) is 0 Å². The summed E-state index contributed by atoms with van der Waals surface area (Å²) in [4.78, 5) is 14.1. The van der Waals surface area contributed by atoms with Crippen molar-refractivity contribution in [3.8, 4) is 5.75 Å². The van der Waals surface area contributed by atoms with Gasteiger partial charge in [-0.05, 0) is 13.0 Å². The first-order valence-corrected chi connectivity index (χ1v) is 5.42. The van der Waals surface area contributed by atoms with Crippen molar-refractivity contribution in [2.24, 2.45) is 10.7 Å². The molecule has 92 valence electrons. The van der Waals surface area contributed by atoms with Gasteiger partial charge in [0.15, 0.2) is 0 Å². The minimum atomic E-state index is -0.532. The molecule has 7 heteroatoms. The Morgan fingerprint density at radius 2 is 2.35 bits per heavy atom. The highest BCUT2D eigenvalue weighted by molar-refractivity contribution is 6.28. The normalized spacial score (nSPS) is 11.3. The third kappa shape index (κ3) is 3.60. The maximum Gasteiger partial charge on any atom is 0.295 e. The fourth-order valence-electron chi connectivity index (χ4n) is 1.19. The Labute approximate surface area is 103 Å². The molecule has 1 aromatic rings. The Bertz CT molecular complexity index is 448. The van der Waals surface area contributed by atoms with Gasteiger partial charge in [-0.1, -0.05) is 0 Å². The second-order valence-corrected chi connectivity index (χ2v) is 3.34. The van der Waals surface area contributed by atoms with E-state index >= 15 is 0 Å². The van der Waals surface area contributed by atoms with Crippen LogP contribution in [0.4, 0.5) is 11.4 Å². The third-order valence-electron chi connectivity index (χ3n) is 1.86. The van der Waals surface area contributed by atoms with Crippen molar-refractivity contribution >= 4 is 28.8 Å². The molecule has 0 saturated carbocycles. The lowest BCUT2D eigenvalue weighted by atomic mass is 10.2. The number of nitrogens with two attached hydrogens (primary N) is 1. The van der Waals surface area contributed by atoms with E-state index in [0.717, 1.165) is 0 Å². The maximum atomic E-state index is 10.8. The zero-order valence-electron chi connectivity index (χ0n) is 9.22. The molecule has 0 aromatic heterocycles. The van der Waals surface area contributed by atoms with Crippen LogP contribution in [0.3, 0.4) is 0 Å². The van der Waals surface area contributed by atoms with Gasteiger partial charge in [-0.2, -0.15) is 0 Å². The van der Waals surface area contributed by atoms with Crippen LogP contribution in [0.15, 0.2) is 23.2 Å². The second-order valence-electron chi connectivity index (χ2n) is 3.08. The lowest BCUT2D eigenvalue weighted by Gasteiger charge is -2.04. The van der Waals surface area contributed by atoms with Crippen LogP contribution in [0.1, 0.15) is 6.92 Å². The molecule has 0 bridgehead atoms. The average Bonchev–Trinajstić information content (AvgIpc) is 2.29. The molecule has 0 saturated heterocycles. The lowest BCUT2D eigenvalue weighted by Crippen LogP contribution is -2.12. The largest absolute Gasteiger partial charge is 0.494 e. The van der Waals surface area contributed by atoms with Crippen LogP contribution in [0.5, 0.6) is 5.75 Å². The molecule has 0 aliphatic carbocycles. The summed E-state index contributed by atoms with van der Waals surface area (Å²) in [5.41, 5.74) is 5.45. The molecule has 1 rings (SSSR count). The van der Waals surface area contributed by atoms with Gasteiger partial charge in [0.05, 0.1) is 17.4 Å². The summed E-state index contributed by atoms with van der Waals surface area (Å²) in [6, 6.07) is 4.30. The number of ether oxygens (including phenoxy) is 1. The van der Waals surface area contributed by atoms with Crippen LogP contribution in [0.25, 0.3) is 0 Å². The fourth-order valence-corrected chi connectivity index (χ4v) is 1.25. The molecule has 1 aromatic carbocycles. The quantitative estimate of drug-likeness (QED) is 0.288. The summed E-state index contributed by atoms with van der Waals surface area (Å²) in [6.45, 7) is 2.28. The molecular formula is C10H12ClN3O3. The molecule has 0 unspecified atom stereocenters. The van der Waals surface area contributed by atoms with E-state index in [9.17, 15) is 10.1 Å². The zero-order chi connectivity index (χ0) is 12.8. The van der Waals surface area contributed by atoms with Crippen molar-refractivity contribution < 1.29 is 9.66 Å². The highest BCUT2D eigenvalue weighted by Gasteiger charge is 2.14. The molecule has 0 fully saturated rings. The highest BCUT2D eigenvalue weighted by atomic mass is 35.5. The van der Waals surface area contributed by atoms with Gasteiger partial charge < -0.3 is 10.5 Å². The van der Waals surface area contributed by atoms with Gasteiger partial charge in [0, 0.05) is 12.1 Å². The SMILES string of the molecule is CCOc1ccc([N+](=O)[O-])c(N=C(N)CCl)c1. The Balaban J connectivity index is 3.20. The number of hydrogen-bond acceptors (Lipinski definition) is 4. The molecule has 0 radical (unpaired) electrons. The van der Waals surface area contributed by atoms with Gasteiger partial charge >= 0.3 is 0 Å². The number of aliphatic imine (C=N–C) groups is 1. The van der Waals surface area contributed by atoms with Crippen molar-refractivity contribution in [2.75, 3.05) is 12.5 Å². The molecule has 6 nitrogen and oxygen atoms in total. The number of alkyl halides is 1. The van der Waals surface area contributed by atoms with Crippen molar-refractivity contribution in [3.63, 3.8) is 0 Å². The van der Waals surface area contributed by atoms with E-state index in [1.165, 1.54) is 18.2 Å². The summed E-state index contributed by atoms with van der Waals surface area (Å²) in [5.74, 6) is 0.623. The van der Waals surface area contributed by atoms with Gasteiger partial charge in [-0.25, -0.2) is 4.99 Å². The molecule has 17 heavy (non-hydrogen) atoms. The lowest BCUT2D eigenvalue weighted by molar-refractivity contribution is -0.384. The van der Waals surface area contributed by atoms with E-state index in [1.807, 2.05) is 6.92 Å². The molecule has 0 spiro atoms. The van der Waals surface area contributed by atoms with E-state index in [4.69, 9.17) is 22.1 Å². The Morgan fingerprint density at radius 3 is 2.88 bits per heavy atom.